The molecule has 7 heteroatoms. The highest BCUT2D eigenvalue weighted by Gasteiger charge is 2.32. The number of methoxy groups -OCH3 is 1. The van der Waals surface area contributed by atoms with E-state index in [1.807, 2.05) is 0 Å². The molecule has 0 aliphatic rings. The highest BCUT2D eigenvalue weighted by Crippen LogP contribution is 2.37. The van der Waals surface area contributed by atoms with Gasteiger partial charge in [0.15, 0.2) is 0 Å². The number of carbonyl (C=O) groups is 1. The highest BCUT2D eigenvalue weighted by atomic mass is 19.4. The Morgan fingerprint density at radius 1 is 1.19 bits per heavy atom. The van der Waals surface area contributed by atoms with Crippen molar-refractivity contribution in [3.05, 3.63) is 42.1 Å². The lowest BCUT2D eigenvalue weighted by atomic mass is 10.0. The Hall–Kier alpha value is -2.57. The van der Waals surface area contributed by atoms with Gasteiger partial charge in [-0.2, -0.15) is 0 Å². The first kappa shape index (κ1) is 14.8. The van der Waals surface area contributed by atoms with Gasteiger partial charge in [-0.3, -0.25) is 4.79 Å². The van der Waals surface area contributed by atoms with Crippen LogP contribution in [-0.4, -0.2) is 24.7 Å². The Bertz CT molecular complexity index is 656. The maximum absolute atomic E-state index is 12.5. The molecule has 0 radical (unpaired) electrons. The second kappa shape index (κ2) is 5.82. The molecule has 2 rings (SSSR count). The van der Waals surface area contributed by atoms with Crippen molar-refractivity contribution in [1.82, 2.24) is 4.98 Å². The number of alkyl halides is 3. The summed E-state index contributed by atoms with van der Waals surface area (Å²) in [7, 11) is 1.35. The van der Waals surface area contributed by atoms with Crippen molar-refractivity contribution in [3.63, 3.8) is 0 Å². The first-order chi connectivity index (χ1) is 9.94. The highest BCUT2D eigenvalue weighted by molar-refractivity contribution is 5.83. The quantitative estimate of drug-likeness (QED) is 0.811. The molecule has 0 atom stereocenters. The molecule has 0 aliphatic carbocycles. The van der Waals surface area contributed by atoms with E-state index in [4.69, 9.17) is 4.74 Å². The van der Waals surface area contributed by atoms with E-state index in [0.29, 0.717) is 11.8 Å². The summed E-state index contributed by atoms with van der Waals surface area (Å²) in [5.74, 6) is -0.299. The molecule has 0 spiro atoms. The van der Waals surface area contributed by atoms with Crippen LogP contribution in [0.25, 0.3) is 11.1 Å². The molecular formula is C14H10F3NO3. The van der Waals surface area contributed by atoms with Crippen LogP contribution in [0.1, 0.15) is 10.4 Å². The summed E-state index contributed by atoms with van der Waals surface area (Å²) in [5.41, 5.74) is 0.579. The smallest absolute Gasteiger partial charge is 0.481 e. The van der Waals surface area contributed by atoms with Gasteiger partial charge in [-0.1, -0.05) is 0 Å². The van der Waals surface area contributed by atoms with Crippen molar-refractivity contribution < 1.29 is 27.4 Å². The molecule has 0 saturated heterocycles. The fraction of sp³-hybridized carbons (Fsp3) is 0.143. The first-order valence-corrected chi connectivity index (χ1v) is 5.79. The Morgan fingerprint density at radius 2 is 1.95 bits per heavy atom. The van der Waals surface area contributed by atoms with Crippen LogP contribution in [0.4, 0.5) is 13.2 Å². The summed E-state index contributed by atoms with van der Waals surface area (Å²) in [6, 6.07) is 6.68. The average Bonchev–Trinajstić information content (AvgIpc) is 2.46. The fourth-order valence-corrected chi connectivity index (χ4v) is 1.80. The van der Waals surface area contributed by atoms with Crippen LogP contribution in [0.15, 0.2) is 36.5 Å². The molecule has 0 amide bonds. The van der Waals surface area contributed by atoms with E-state index in [2.05, 4.69) is 9.72 Å². The fourth-order valence-electron chi connectivity index (χ4n) is 1.80. The number of aromatic nitrogens is 1. The molecule has 2 aromatic rings. The number of hydrogen-bond acceptors (Lipinski definition) is 4. The number of ether oxygens (including phenoxy) is 2. The van der Waals surface area contributed by atoms with Gasteiger partial charge in [0, 0.05) is 22.9 Å². The lowest BCUT2D eigenvalue weighted by Crippen LogP contribution is -2.17. The SMILES string of the molecule is COc1ncccc1-c1cc(C=O)ccc1OC(F)(F)F. The summed E-state index contributed by atoms with van der Waals surface area (Å²) in [5, 5.41) is 0. The van der Waals surface area contributed by atoms with Crippen molar-refractivity contribution in [1.29, 1.82) is 0 Å². The van der Waals surface area contributed by atoms with Gasteiger partial charge in [0.1, 0.15) is 12.0 Å². The lowest BCUT2D eigenvalue weighted by Gasteiger charge is -2.15. The Labute approximate surface area is 118 Å². The van der Waals surface area contributed by atoms with E-state index in [0.717, 1.165) is 6.07 Å². The first-order valence-electron chi connectivity index (χ1n) is 5.79. The number of aldehydes is 1. The number of benzene rings is 1. The number of hydrogen-bond donors (Lipinski definition) is 0. The largest absolute Gasteiger partial charge is 0.573 e. The van der Waals surface area contributed by atoms with Gasteiger partial charge in [-0.25, -0.2) is 4.98 Å². The van der Waals surface area contributed by atoms with E-state index in [-0.39, 0.29) is 17.0 Å². The van der Waals surface area contributed by atoms with Crippen molar-refractivity contribution in [2.45, 2.75) is 6.36 Å². The third kappa shape index (κ3) is 3.50. The number of nitrogens with zero attached hydrogens (tertiary/aromatic N) is 1. The van der Waals surface area contributed by atoms with Gasteiger partial charge in [-0.05, 0) is 30.3 Å². The van der Waals surface area contributed by atoms with Crippen LogP contribution in [0.3, 0.4) is 0 Å². The predicted molar refractivity (Wildman–Crippen MR) is 68.3 cm³/mol. The summed E-state index contributed by atoms with van der Waals surface area (Å²) < 4.78 is 46.4. The molecule has 1 heterocycles. The van der Waals surface area contributed by atoms with Gasteiger partial charge in [0.2, 0.25) is 5.88 Å². The van der Waals surface area contributed by atoms with Gasteiger partial charge in [-0.15, -0.1) is 13.2 Å². The molecule has 21 heavy (non-hydrogen) atoms. The van der Waals surface area contributed by atoms with E-state index in [1.165, 1.54) is 31.5 Å². The van der Waals surface area contributed by atoms with Crippen molar-refractivity contribution in [3.8, 4) is 22.8 Å². The molecule has 110 valence electrons. The zero-order valence-corrected chi connectivity index (χ0v) is 10.8. The third-order valence-corrected chi connectivity index (χ3v) is 2.62. The minimum atomic E-state index is -4.84. The van der Waals surface area contributed by atoms with Crippen LogP contribution in [0.2, 0.25) is 0 Å². The summed E-state index contributed by atoms with van der Waals surface area (Å²) >= 11 is 0. The molecule has 1 aromatic heterocycles. The number of rotatable bonds is 4. The monoisotopic (exact) mass is 297 g/mol. The molecule has 0 fully saturated rings. The zero-order valence-electron chi connectivity index (χ0n) is 10.8. The van der Waals surface area contributed by atoms with Crippen LogP contribution in [0, 0.1) is 0 Å². The summed E-state index contributed by atoms with van der Waals surface area (Å²) in [4.78, 5) is 14.8. The summed E-state index contributed by atoms with van der Waals surface area (Å²) in [6.45, 7) is 0. The van der Waals surface area contributed by atoms with Gasteiger partial charge < -0.3 is 9.47 Å². The van der Waals surface area contributed by atoms with Crippen molar-refractivity contribution in [2.24, 2.45) is 0 Å². The van der Waals surface area contributed by atoms with Gasteiger partial charge >= 0.3 is 6.36 Å². The normalized spacial score (nSPS) is 11.0. The summed E-state index contributed by atoms with van der Waals surface area (Å²) in [6.07, 6.45) is -2.87. The topological polar surface area (TPSA) is 48.4 Å². The van der Waals surface area contributed by atoms with Crippen LogP contribution in [-0.2, 0) is 0 Å². The van der Waals surface area contributed by atoms with Crippen molar-refractivity contribution >= 4 is 6.29 Å². The van der Waals surface area contributed by atoms with Gasteiger partial charge in [0.05, 0.1) is 7.11 Å². The van der Waals surface area contributed by atoms with Crippen molar-refractivity contribution in [2.75, 3.05) is 7.11 Å². The Kier molecular flexibility index (Phi) is 4.11. The van der Waals surface area contributed by atoms with E-state index in [9.17, 15) is 18.0 Å². The molecule has 0 saturated carbocycles. The molecular weight excluding hydrogens is 287 g/mol. The number of halogens is 3. The molecule has 0 unspecified atom stereocenters. The molecule has 1 aromatic carbocycles. The molecule has 4 nitrogen and oxygen atoms in total. The number of pyridine rings is 1. The van der Waals surface area contributed by atoms with E-state index in [1.54, 1.807) is 6.07 Å². The minimum Gasteiger partial charge on any atom is -0.481 e. The van der Waals surface area contributed by atoms with Crippen LogP contribution in [0.5, 0.6) is 11.6 Å². The molecule has 0 N–H and O–H groups in total. The maximum Gasteiger partial charge on any atom is 0.573 e. The number of carbonyl (C=O) groups excluding carboxylic acids is 1. The third-order valence-electron chi connectivity index (χ3n) is 2.62. The Morgan fingerprint density at radius 3 is 2.57 bits per heavy atom. The van der Waals surface area contributed by atoms with E-state index >= 15 is 0 Å². The van der Waals surface area contributed by atoms with Gasteiger partial charge in [0.25, 0.3) is 0 Å². The van der Waals surface area contributed by atoms with E-state index < -0.39 is 12.1 Å². The zero-order chi connectivity index (χ0) is 15.5. The standard InChI is InChI=1S/C14H10F3NO3/c1-20-13-10(3-2-6-18-13)11-7-9(8-19)4-5-12(11)21-14(15,16)17/h2-8H,1H3. The Balaban J connectivity index is 2.61. The molecule has 0 bridgehead atoms. The maximum atomic E-state index is 12.5. The second-order valence-electron chi connectivity index (χ2n) is 3.98. The average molecular weight is 297 g/mol. The molecule has 0 aliphatic heterocycles. The second-order valence-corrected chi connectivity index (χ2v) is 3.98. The van der Waals surface area contributed by atoms with Crippen LogP contribution < -0.4 is 9.47 Å². The minimum absolute atomic E-state index is 0.0712. The van der Waals surface area contributed by atoms with Crippen LogP contribution >= 0.6 is 0 Å². The lowest BCUT2D eigenvalue weighted by molar-refractivity contribution is -0.274. The predicted octanol–water partition coefficient (Wildman–Crippen LogP) is 3.47.